The number of rotatable bonds is 4. The van der Waals surface area contributed by atoms with E-state index in [4.69, 9.17) is 27.9 Å². The molecule has 3 aromatic carbocycles. The van der Waals surface area contributed by atoms with E-state index in [0.29, 0.717) is 0 Å². The molecular weight excluding hydrogens is 472 g/mol. The summed E-state index contributed by atoms with van der Waals surface area (Å²) in [5.74, 6) is -3.55. The average Bonchev–Trinajstić information content (AvgIpc) is 3.04. The lowest BCUT2D eigenvalue weighted by Crippen LogP contribution is -2.29. The number of phenolic OH excluding ortho intramolecular Hbond substituents is 1. The molecule has 9 heteroatoms. The summed E-state index contributed by atoms with van der Waals surface area (Å²) in [6, 6.07) is 12.6. The fourth-order valence-corrected chi connectivity index (χ4v) is 4.43. The van der Waals surface area contributed by atoms with E-state index in [2.05, 4.69) is 0 Å². The number of phenols is 1. The third kappa shape index (κ3) is 3.79. The number of aliphatic hydroxyl groups is 1. The number of methoxy groups -OCH3 is 1. The van der Waals surface area contributed by atoms with Crippen molar-refractivity contribution in [2.45, 2.75) is 6.04 Å². The quantitative estimate of drug-likeness (QED) is 0.289. The van der Waals surface area contributed by atoms with Crippen LogP contribution >= 0.6 is 23.2 Å². The van der Waals surface area contributed by atoms with Gasteiger partial charge in [0.25, 0.3) is 11.7 Å². The first-order valence-electron chi connectivity index (χ1n) is 9.63. The van der Waals surface area contributed by atoms with Crippen LogP contribution in [0.15, 0.2) is 66.2 Å². The molecule has 2 N–H and O–H groups in total. The fraction of sp³-hybridized carbons (Fsp3) is 0.0833. The second kappa shape index (κ2) is 8.77. The van der Waals surface area contributed by atoms with Crippen molar-refractivity contribution in [1.29, 1.82) is 0 Å². The summed E-state index contributed by atoms with van der Waals surface area (Å²) in [4.78, 5) is 27.1. The highest BCUT2D eigenvalue weighted by Crippen LogP contribution is 2.46. The van der Waals surface area contributed by atoms with Crippen LogP contribution in [-0.4, -0.2) is 29.0 Å². The van der Waals surface area contributed by atoms with Gasteiger partial charge in [0, 0.05) is 11.1 Å². The van der Waals surface area contributed by atoms with Crippen LogP contribution in [0.4, 0.5) is 10.1 Å². The van der Waals surface area contributed by atoms with E-state index in [1.54, 1.807) is 6.07 Å². The molecule has 6 nitrogen and oxygen atoms in total. The van der Waals surface area contributed by atoms with Gasteiger partial charge in [0.2, 0.25) is 0 Å². The highest BCUT2D eigenvalue weighted by molar-refractivity contribution is 6.52. The van der Waals surface area contributed by atoms with Crippen molar-refractivity contribution in [1.82, 2.24) is 0 Å². The molecule has 3 aromatic rings. The first kappa shape index (κ1) is 22.6. The van der Waals surface area contributed by atoms with Gasteiger partial charge in [-0.3, -0.25) is 14.5 Å². The van der Waals surface area contributed by atoms with Crippen molar-refractivity contribution >= 4 is 46.3 Å². The molecule has 33 heavy (non-hydrogen) atoms. The lowest BCUT2D eigenvalue weighted by molar-refractivity contribution is -0.132. The molecule has 0 aromatic heterocycles. The molecule has 1 heterocycles. The zero-order valence-corrected chi connectivity index (χ0v) is 18.6. The summed E-state index contributed by atoms with van der Waals surface area (Å²) in [6.45, 7) is 0. The molecule has 0 aliphatic carbocycles. The van der Waals surface area contributed by atoms with Gasteiger partial charge in [-0.15, -0.1) is 0 Å². The van der Waals surface area contributed by atoms with E-state index in [1.165, 1.54) is 61.7 Å². The molecule has 0 saturated carbocycles. The van der Waals surface area contributed by atoms with Gasteiger partial charge in [0.1, 0.15) is 17.3 Å². The third-order valence-corrected chi connectivity index (χ3v) is 5.82. The maximum Gasteiger partial charge on any atom is 0.300 e. The van der Waals surface area contributed by atoms with Gasteiger partial charge in [-0.25, -0.2) is 4.39 Å². The lowest BCUT2D eigenvalue weighted by Gasteiger charge is -2.26. The summed E-state index contributed by atoms with van der Waals surface area (Å²) in [5.41, 5.74) is -0.419. The molecule has 1 unspecified atom stereocenters. The summed E-state index contributed by atoms with van der Waals surface area (Å²) >= 11 is 12.4. The summed E-state index contributed by atoms with van der Waals surface area (Å²) in [5, 5.41) is 21.6. The smallest absolute Gasteiger partial charge is 0.300 e. The van der Waals surface area contributed by atoms with Crippen LogP contribution < -0.4 is 9.64 Å². The highest BCUT2D eigenvalue weighted by Gasteiger charge is 2.48. The van der Waals surface area contributed by atoms with Gasteiger partial charge in [0.05, 0.1) is 34.5 Å². The Balaban J connectivity index is 2.00. The minimum absolute atomic E-state index is 0.0160. The summed E-state index contributed by atoms with van der Waals surface area (Å²) < 4.78 is 20.0. The Hall–Kier alpha value is -3.55. The molecule has 1 aliphatic rings. The topological polar surface area (TPSA) is 87.1 Å². The summed E-state index contributed by atoms with van der Waals surface area (Å²) in [6.07, 6.45) is 0. The van der Waals surface area contributed by atoms with Gasteiger partial charge in [-0.05, 0) is 30.3 Å². The Labute approximate surface area is 198 Å². The molecule has 1 atom stereocenters. The third-order valence-electron chi connectivity index (χ3n) is 5.26. The second-order valence-corrected chi connectivity index (χ2v) is 7.97. The van der Waals surface area contributed by atoms with Crippen molar-refractivity contribution in [3.8, 4) is 11.5 Å². The molecule has 0 spiro atoms. The van der Waals surface area contributed by atoms with Crippen LogP contribution in [0.2, 0.25) is 10.0 Å². The number of anilines is 1. The lowest BCUT2D eigenvalue weighted by atomic mass is 9.94. The maximum absolute atomic E-state index is 14.9. The predicted molar refractivity (Wildman–Crippen MR) is 122 cm³/mol. The van der Waals surface area contributed by atoms with Gasteiger partial charge in [0.15, 0.2) is 5.75 Å². The largest absolute Gasteiger partial charge is 0.507 e. The molecule has 0 bridgehead atoms. The molecule has 4 rings (SSSR count). The zero-order valence-electron chi connectivity index (χ0n) is 17.1. The number of carbonyl (C=O) groups excluding carboxylic acids is 2. The number of nitrogens with zero attached hydrogens (tertiary/aromatic N) is 1. The van der Waals surface area contributed by atoms with Crippen LogP contribution in [0.5, 0.6) is 11.5 Å². The zero-order chi connectivity index (χ0) is 23.9. The highest BCUT2D eigenvalue weighted by atomic mass is 35.5. The number of amides is 1. The number of ketones is 1. The number of aromatic hydroxyl groups is 1. The first-order chi connectivity index (χ1) is 15.8. The van der Waals surface area contributed by atoms with Gasteiger partial charge in [-0.1, -0.05) is 53.5 Å². The first-order valence-corrected chi connectivity index (χ1v) is 10.4. The van der Waals surface area contributed by atoms with E-state index in [1.807, 2.05) is 0 Å². The minimum Gasteiger partial charge on any atom is -0.507 e. The van der Waals surface area contributed by atoms with E-state index in [-0.39, 0.29) is 43.9 Å². The number of Topliss-reactive ketones (excluding diaryl/α,β-unsaturated/α-hetero) is 1. The second-order valence-electron chi connectivity index (χ2n) is 7.15. The molecule has 0 radical (unpaired) electrons. The van der Waals surface area contributed by atoms with Crippen LogP contribution in [0.3, 0.4) is 0 Å². The number of hydrogen-bond donors (Lipinski definition) is 2. The Bertz CT molecular complexity index is 1300. The number of aliphatic hydroxyl groups excluding tert-OH is 1. The molecule has 1 aliphatic heterocycles. The number of ether oxygens (including phenoxy) is 1. The van der Waals surface area contributed by atoms with Crippen molar-refractivity contribution in [2.75, 3.05) is 12.0 Å². The Morgan fingerprint density at radius 3 is 2.24 bits per heavy atom. The fourth-order valence-electron chi connectivity index (χ4n) is 3.79. The van der Waals surface area contributed by atoms with E-state index in [9.17, 15) is 24.2 Å². The van der Waals surface area contributed by atoms with Gasteiger partial charge < -0.3 is 14.9 Å². The number of carbonyl (C=O) groups is 2. The molecule has 1 fully saturated rings. The SMILES string of the molecule is COc1c(Cl)cc(/C(O)=C2\C(=O)C(=O)N(c3ccccc3O)C2c2ccccc2F)cc1Cl. The standard InChI is InChI=1S/C24H16Cl2FNO5/c1-33-23-14(25)10-12(11-15(23)26)21(30)19-20(13-6-2-3-7-16(13)27)28(24(32)22(19)31)17-8-4-5-9-18(17)29/h2-11,20,29-30H,1H3/b21-19+. The predicted octanol–water partition coefficient (Wildman–Crippen LogP) is 5.47. The van der Waals surface area contributed by atoms with Crippen LogP contribution in [0, 0.1) is 5.82 Å². The van der Waals surface area contributed by atoms with Crippen molar-refractivity contribution < 1.29 is 28.9 Å². The van der Waals surface area contributed by atoms with E-state index >= 15 is 0 Å². The van der Waals surface area contributed by atoms with E-state index < -0.39 is 29.3 Å². The number of para-hydroxylation sites is 2. The molecule has 1 amide bonds. The monoisotopic (exact) mass is 487 g/mol. The molecule has 168 valence electrons. The number of benzene rings is 3. The number of halogens is 3. The summed E-state index contributed by atoms with van der Waals surface area (Å²) in [7, 11) is 1.36. The van der Waals surface area contributed by atoms with Crippen molar-refractivity contribution in [2.24, 2.45) is 0 Å². The van der Waals surface area contributed by atoms with Crippen LogP contribution in [0.1, 0.15) is 17.2 Å². The van der Waals surface area contributed by atoms with Crippen molar-refractivity contribution in [3.05, 3.63) is 93.2 Å². The molecule has 1 saturated heterocycles. The normalized spacial score (nSPS) is 17.5. The van der Waals surface area contributed by atoms with Gasteiger partial charge in [-0.2, -0.15) is 0 Å². The Morgan fingerprint density at radius 1 is 1.03 bits per heavy atom. The minimum atomic E-state index is -1.36. The van der Waals surface area contributed by atoms with Crippen molar-refractivity contribution in [3.63, 3.8) is 0 Å². The molecular formula is C24H16Cl2FNO5. The Kier molecular flexibility index (Phi) is 6.01. The van der Waals surface area contributed by atoms with Gasteiger partial charge >= 0.3 is 0 Å². The number of hydrogen-bond acceptors (Lipinski definition) is 5. The average molecular weight is 488 g/mol. The Morgan fingerprint density at radius 2 is 1.64 bits per heavy atom. The van der Waals surface area contributed by atoms with E-state index in [0.717, 1.165) is 4.90 Å². The van der Waals surface area contributed by atoms with Crippen LogP contribution in [-0.2, 0) is 9.59 Å². The van der Waals surface area contributed by atoms with Crippen LogP contribution in [0.25, 0.3) is 5.76 Å². The maximum atomic E-state index is 14.9.